The first kappa shape index (κ1) is 23.0. The van der Waals surface area contributed by atoms with Gasteiger partial charge in [-0.25, -0.2) is 4.79 Å². The number of nitrogens with one attached hydrogen (secondary N) is 2. The zero-order valence-corrected chi connectivity index (χ0v) is 17.8. The van der Waals surface area contributed by atoms with E-state index in [4.69, 9.17) is 9.47 Å². The third-order valence-corrected chi connectivity index (χ3v) is 5.95. The van der Waals surface area contributed by atoms with Gasteiger partial charge < -0.3 is 25.2 Å². The zero-order valence-electron chi connectivity index (χ0n) is 17.0. The number of alkyl carbamates (subject to hydrolysis) is 1. The summed E-state index contributed by atoms with van der Waals surface area (Å²) >= 11 is 0. The lowest BCUT2D eigenvalue weighted by atomic mass is 10.0. The summed E-state index contributed by atoms with van der Waals surface area (Å²) in [7, 11) is -3.14. The summed E-state index contributed by atoms with van der Waals surface area (Å²) in [6, 6.07) is 12.6. The second-order valence-electron chi connectivity index (χ2n) is 7.26. The standard InChI is InChI=1S/C21H25FN2O6S/c1-29-16-6-2-15(3-7-16)12-18-20(19(25)13-24-18)30-21(26)23-11-10-14-4-8-17(9-5-14)31(22,27)28/h2-9,18-20,24-25H,10-13H2,1H3,(H,23,26)/t18-,19+,20+/m1/s1. The molecule has 3 N–H and O–H groups in total. The molecule has 0 unspecified atom stereocenters. The van der Waals surface area contributed by atoms with E-state index >= 15 is 0 Å². The highest BCUT2D eigenvalue weighted by Gasteiger charge is 2.37. The summed E-state index contributed by atoms with van der Waals surface area (Å²) in [5, 5.41) is 16.0. The van der Waals surface area contributed by atoms with E-state index in [-0.39, 0.29) is 12.6 Å². The van der Waals surface area contributed by atoms with Crippen LogP contribution in [0.15, 0.2) is 53.4 Å². The molecule has 0 bridgehead atoms. The number of halogens is 1. The molecule has 1 aliphatic rings. The Morgan fingerprint density at radius 3 is 2.42 bits per heavy atom. The topological polar surface area (TPSA) is 114 Å². The summed E-state index contributed by atoms with van der Waals surface area (Å²) in [5.41, 5.74) is 1.74. The Bertz CT molecular complexity index is 982. The van der Waals surface area contributed by atoms with Gasteiger partial charge in [-0.3, -0.25) is 0 Å². The van der Waals surface area contributed by atoms with Crippen LogP contribution in [0.3, 0.4) is 0 Å². The number of hydrogen-bond acceptors (Lipinski definition) is 7. The molecule has 0 aromatic heterocycles. The van der Waals surface area contributed by atoms with Gasteiger partial charge in [-0.2, -0.15) is 8.42 Å². The van der Waals surface area contributed by atoms with Crippen molar-refractivity contribution in [3.8, 4) is 5.75 Å². The van der Waals surface area contributed by atoms with Crippen LogP contribution < -0.4 is 15.4 Å². The number of hydrogen-bond donors (Lipinski definition) is 3. The smallest absolute Gasteiger partial charge is 0.407 e. The van der Waals surface area contributed by atoms with Crippen LogP contribution in [0.2, 0.25) is 0 Å². The number of carbonyl (C=O) groups excluding carboxylic acids is 1. The normalized spacial score (nSPS) is 20.9. The van der Waals surface area contributed by atoms with Crippen molar-refractivity contribution in [2.75, 3.05) is 20.2 Å². The van der Waals surface area contributed by atoms with Crippen molar-refractivity contribution in [1.82, 2.24) is 10.6 Å². The SMILES string of the molecule is COc1ccc(C[C@H]2NC[C@H](O)[C@H]2OC(=O)NCCc2ccc(S(=O)(=O)F)cc2)cc1. The van der Waals surface area contributed by atoms with Gasteiger partial charge in [0.15, 0.2) is 0 Å². The monoisotopic (exact) mass is 452 g/mol. The molecule has 31 heavy (non-hydrogen) atoms. The number of amides is 1. The summed E-state index contributed by atoms with van der Waals surface area (Å²) in [5.74, 6) is 0.747. The molecule has 0 saturated carbocycles. The highest BCUT2D eigenvalue weighted by atomic mass is 32.3. The minimum Gasteiger partial charge on any atom is -0.497 e. The van der Waals surface area contributed by atoms with E-state index in [0.29, 0.717) is 19.4 Å². The van der Waals surface area contributed by atoms with Gasteiger partial charge in [0.05, 0.1) is 18.0 Å². The van der Waals surface area contributed by atoms with E-state index in [1.54, 1.807) is 7.11 Å². The van der Waals surface area contributed by atoms with Crippen LogP contribution in [0.25, 0.3) is 0 Å². The third-order valence-electron chi connectivity index (χ3n) is 5.11. The summed E-state index contributed by atoms with van der Waals surface area (Å²) in [4.78, 5) is 11.8. The predicted octanol–water partition coefficient (Wildman–Crippen LogP) is 1.57. The Labute approximate surface area is 180 Å². The van der Waals surface area contributed by atoms with Gasteiger partial charge >= 0.3 is 16.3 Å². The molecule has 1 fully saturated rings. The van der Waals surface area contributed by atoms with Gasteiger partial charge in [-0.1, -0.05) is 24.3 Å². The van der Waals surface area contributed by atoms with Crippen molar-refractivity contribution >= 4 is 16.3 Å². The van der Waals surface area contributed by atoms with Crippen LogP contribution >= 0.6 is 0 Å². The molecular formula is C21H25FN2O6S. The van der Waals surface area contributed by atoms with Gasteiger partial charge in [-0.15, -0.1) is 3.89 Å². The number of rotatable bonds is 8. The lowest BCUT2D eigenvalue weighted by Crippen LogP contribution is -2.41. The van der Waals surface area contributed by atoms with Crippen molar-refractivity contribution in [1.29, 1.82) is 0 Å². The van der Waals surface area contributed by atoms with Crippen LogP contribution in [0, 0.1) is 0 Å². The number of aliphatic hydroxyl groups is 1. The fourth-order valence-corrected chi connectivity index (χ4v) is 3.89. The molecule has 3 rings (SSSR count). The summed E-state index contributed by atoms with van der Waals surface area (Å²) < 4.78 is 45.2. The molecule has 168 valence electrons. The maximum absolute atomic E-state index is 12.9. The first-order chi connectivity index (χ1) is 14.8. The highest BCUT2D eigenvalue weighted by molar-refractivity contribution is 7.86. The van der Waals surface area contributed by atoms with Crippen molar-refractivity contribution in [2.24, 2.45) is 0 Å². The maximum atomic E-state index is 12.9. The molecule has 0 spiro atoms. The first-order valence-electron chi connectivity index (χ1n) is 9.79. The van der Waals surface area contributed by atoms with Crippen LogP contribution in [0.4, 0.5) is 8.68 Å². The predicted molar refractivity (Wildman–Crippen MR) is 111 cm³/mol. The Kier molecular flexibility index (Phi) is 7.47. The van der Waals surface area contributed by atoms with Crippen molar-refractivity contribution in [2.45, 2.75) is 36.0 Å². The maximum Gasteiger partial charge on any atom is 0.407 e. The molecule has 1 aliphatic heterocycles. The van der Waals surface area contributed by atoms with Crippen LogP contribution in [-0.2, 0) is 27.8 Å². The van der Waals surface area contributed by atoms with Gasteiger partial charge in [-0.05, 0) is 48.2 Å². The molecule has 0 radical (unpaired) electrons. The number of aliphatic hydroxyl groups excluding tert-OH is 1. The fraction of sp³-hybridized carbons (Fsp3) is 0.381. The molecule has 2 aromatic rings. The molecular weight excluding hydrogens is 427 g/mol. The Balaban J connectivity index is 1.48. The largest absolute Gasteiger partial charge is 0.497 e. The van der Waals surface area contributed by atoms with E-state index in [2.05, 4.69) is 10.6 Å². The Morgan fingerprint density at radius 1 is 1.16 bits per heavy atom. The zero-order chi connectivity index (χ0) is 22.4. The van der Waals surface area contributed by atoms with E-state index < -0.39 is 33.4 Å². The van der Waals surface area contributed by atoms with E-state index in [1.165, 1.54) is 24.3 Å². The lowest BCUT2D eigenvalue weighted by molar-refractivity contribution is 0.0191. The molecule has 1 amide bonds. The van der Waals surface area contributed by atoms with Gasteiger partial charge in [0.2, 0.25) is 0 Å². The minimum absolute atomic E-state index is 0.232. The van der Waals surface area contributed by atoms with Crippen molar-refractivity contribution < 1.29 is 31.7 Å². The molecule has 8 nitrogen and oxygen atoms in total. The van der Waals surface area contributed by atoms with Crippen LogP contribution in [-0.4, -0.2) is 58.1 Å². The molecule has 3 atom stereocenters. The Morgan fingerprint density at radius 2 is 1.81 bits per heavy atom. The van der Waals surface area contributed by atoms with E-state index in [1.807, 2.05) is 24.3 Å². The average molecular weight is 453 g/mol. The van der Waals surface area contributed by atoms with E-state index in [9.17, 15) is 22.2 Å². The van der Waals surface area contributed by atoms with Crippen LogP contribution in [0.5, 0.6) is 5.75 Å². The van der Waals surface area contributed by atoms with Gasteiger partial charge in [0, 0.05) is 13.1 Å². The van der Waals surface area contributed by atoms with Crippen LogP contribution in [0.1, 0.15) is 11.1 Å². The first-order valence-corrected chi connectivity index (χ1v) is 11.2. The number of carbonyl (C=O) groups is 1. The molecule has 1 heterocycles. The highest BCUT2D eigenvalue weighted by Crippen LogP contribution is 2.19. The minimum atomic E-state index is -4.73. The van der Waals surface area contributed by atoms with E-state index in [0.717, 1.165) is 16.9 Å². The number of ether oxygens (including phenoxy) is 2. The van der Waals surface area contributed by atoms with Gasteiger partial charge in [0.25, 0.3) is 0 Å². The summed E-state index contributed by atoms with van der Waals surface area (Å²) in [6.07, 6.45) is -1.19. The fourth-order valence-electron chi connectivity index (χ4n) is 3.43. The number of β-amino-alcohol motifs (C(OH)–C–C–N with tert-alkyl or cyclic N) is 1. The second kappa shape index (κ2) is 10.1. The summed E-state index contributed by atoms with van der Waals surface area (Å²) in [6.45, 7) is 0.558. The molecule has 1 saturated heterocycles. The second-order valence-corrected chi connectivity index (χ2v) is 8.61. The third kappa shape index (κ3) is 6.39. The average Bonchev–Trinajstić information content (AvgIpc) is 3.07. The number of benzene rings is 2. The molecule has 2 aromatic carbocycles. The van der Waals surface area contributed by atoms with Gasteiger partial charge in [0.1, 0.15) is 18.0 Å². The molecule has 10 heteroatoms. The Hall–Kier alpha value is -2.69. The van der Waals surface area contributed by atoms with Crippen molar-refractivity contribution in [3.63, 3.8) is 0 Å². The van der Waals surface area contributed by atoms with Crippen molar-refractivity contribution in [3.05, 3.63) is 59.7 Å². The molecule has 0 aliphatic carbocycles. The quantitative estimate of drug-likeness (QED) is 0.521. The number of methoxy groups -OCH3 is 1. The lowest BCUT2D eigenvalue weighted by Gasteiger charge is -2.22.